The third-order valence-corrected chi connectivity index (χ3v) is 4.81. The molecule has 0 saturated heterocycles. The van der Waals surface area contributed by atoms with Crippen LogP contribution < -0.4 is 15.4 Å². The van der Waals surface area contributed by atoms with Crippen LogP contribution in [0.2, 0.25) is 0 Å². The molecule has 2 aromatic rings. The maximum absolute atomic E-state index is 12.5. The summed E-state index contributed by atoms with van der Waals surface area (Å²) in [6, 6.07) is 6.68. The quantitative estimate of drug-likeness (QED) is 0.588. The molecular weight excluding hydrogens is 358 g/mol. The van der Waals surface area contributed by atoms with Crippen molar-refractivity contribution in [3.63, 3.8) is 0 Å². The summed E-state index contributed by atoms with van der Waals surface area (Å²) >= 11 is 1.63. The van der Waals surface area contributed by atoms with Gasteiger partial charge in [-0.1, -0.05) is 39.0 Å². The van der Waals surface area contributed by atoms with E-state index in [1.54, 1.807) is 36.6 Å². The Kier molecular flexibility index (Phi) is 6.90. The van der Waals surface area contributed by atoms with Crippen LogP contribution in [0.5, 0.6) is 5.75 Å². The smallest absolute Gasteiger partial charge is 0.387 e. The average molecular weight is 382 g/mol. The molecule has 0 unspecified atom stereocenters. The predicted molar refractivity (Wildman–Crippen MR) is 101 cm³/mol. The summed E-state index contributed by atoms with van der Waals surface area (Å²) in [6.07, 6.45) is 0. The van der Waals surface area contributed by atoms with Crippen LogP contribution in [-0.2, 0) is 18.5 Å². The van der Waals surface area contributed by atoms with Crippen LogP contribution in [0, 0.1) is 0 Å². The van der Waals surface area contributed by atoms with Crippen LogP contribution in [0.4, 0.5) is 8.78 Å². The van der Waals surface area contributed by atoms with Crippen molar-refractivity contribution < 1.29 is 13.5 Å². The van der Waals surface area contributed by atoms with E-state index in [0.29, 0.717) is 24.6 Å². The van der Waals surface area contributed by atoms with Crippen LogP contribution in [0.3, 0.4) is 0 Å². The van der Waals surface area contributed by atoms with E-state index in [2.05, 4.69) is 46.1 Å². The van der Waals surface area contributed by atoms with E-state index in [1.807, 2.05) is 5.38 Å². The number of thiazole rings is 1. The number of ether oxygens (including phenoxy) is 1. The highest BCUT2D eigenvalue weighted by atomic mass is 32.1. The first-order valence-electron chi connectivity index (χ1n) is 8.21. The molecule has 142 valence electrons. The number of nitrogens with one attached hydrogen (secondary N) is 2. The van der Waals surface area contributed by atoms with E-state index in [4.69, 9.17) is 0 Å². The van der Waals surface area contributed by atoms with E-state index in [9.17, 15) is 8.78 Å². The van der Waals surface area contributed by atoms with Crippen molar-refractivity contribution in [2.75, 3.05) is 7.05 Å². The second-order valence-electron chi connectivity index (χ2n) is 6.66. The average Bonchev–Trinajstić information content (AvgIpc) is 3.05. The molecule has 0 radical (unpaired) electrons. The number of para-hydroxylation sites is 1. The third kappa shape index (κ3) is 5.94. The molecule has 0 atom stereocenters. The van der Waals surface area contributed by atoms with Crippen molar-refractivity contribution in [1.82, 2.24) is 15.6 Å². The molecule has 8 heteroatoms. The molecule has 0 aliphatic heterocycles. The summed E-state index contributed by atoms with van der Waals surface area (Å²) in [5.74, 6) is 0.710. The highest BCUT2D eigenvalue weighted by molar-refractivity contribution is 7.09. The maximum Gasteiger partial charge on any atom is 0.387 e. The number of hydrogen-bond donors (Lipinski definition) is 2. The lowest BCUT2D eigenvalue weighted by Gasteiger charge is -2.14. The second kappa shape index (κ2) is 8.93. The van der Waals surface area contributed by atoms with E-state index in [1.165, 1.54) is 6.07 Å². The minimum Gasteiger partial charge on any atom is -0.434 e. The molecule has 2 N–H and O–H groups in total. The van der Waals surface area contributed by atoms with Gasteiger partial charge in [-0.25, -0.2) is 4.98 Å². The molecule has 1 heterocycles. The number of halogens is 2. The Hall–Kier alpha value is -2.22. The first-order chi connectivity index (χ1) is 12.3. The van der Waals surface area contributed by atoms with Gasteiger partial charge in [0.05, 0.1) is 17.2 Å². The number of nitrogens with zero attached hydrogens (tertiary/aromatic N) is 2. The Morgan fingerprint density at radius 2 is 1.92 bits per heavy atom. The Balaban J connectivity index is 1.92. The van der Waals surface area contributed by atoms with E-state index in [-0.39, 0.29) is 11.2 Å². The number of benzene rings is 1. The summed E-state index contributed by atoms with van der Waals surface area (Å²) in [6.45, 7) is 4.37. The third-order valence-electron chi connectivity index (χ3n) is 3.49. The van der Waals surface area contributed by atoms with Crippen LogP contribution >= 0.6 is 11.3 Å². The van der Waals surface area contributed by atoms with Gasteiger partial charge in [-0.05, 0) is 6.07 Å². The Morgan fingerprint density at radius 3 is 2.54 bits per heavy atom. The van der Waals surface area contributed by atoms with Gasteiger partial charge in [0, 0.05) is 30.0 Å². The van der Waals surface area contributed by atoms with Gasteiger partial charge in [-0.2, -0.15) is 8.78 Å². The van der Waals surface area contributed by atoms with Crippen LogP contribution in [0.25, 0.3) is 0 Å². The first kappa shape index (κ1) is 20.1. The molecule has 2 rings (SSSR count). The van der Waals surface area contributed by atoms with Gasteiger partial charge in [0.15, 0.2) is 5.96 Å². The number of alkyl halides is 2. The van der Waals surface area contributed by atoms with Gasteiger partial charge >= 0.3 is 6.61 Å². The van der Waals surface area contributed by atoms with Crippen LogP contribution in [0.1, 0.15) is 37.0 Å². The number of hydrogen-bond acceptors (Lipinski definition) is 4. The normalized spacial score (nSPS) is 12.3. The standard InChI is InChI=1S/C18H24F2N4OS/c1-18(2,3)15-24-13(11-26-15)10-23-17(21-4)22-9-12-7-5-6-8-14(12)25-16(19)20/h5-8,11,16H,9-10H2,1-4H3,(H2,21,22,23). The molecule has 1 aromatic carbocycles. The zero-order valence-corrected chi connectivity index (χ0v) is 16.2. The van der Waals surface area contributed by atoms with Crippen LogP contribution in [-0.4, -0.2) is 24.6 Å². The lowest BCUT2D eigenvalue weighted by Crippen LogP contribution is -2.36. The van der Waals surface area contributed by atoms with Crippen molar-refractivity contribution in [2.45, 2.75) is 45.9 Å². The molecule has 26 heavy (non-hydrogen) atoms. The van der Waals surface area contributed by atoms with Crippen LogP contribution in [0.15, 0.2) is 34.6 Å². The summed E-state index contributed by atoms with van der Waals surface area (Å²) in [7, 11) is 1.65. The van der Waals surface area contributed by atoms with Gasteiger partial charge in [0.1, 0.15) is 5.75 Å². The molecule has 0 aliphatic carbocycles. The molecule has 0 saturated carbocycles. The highest BCUT2D eigenvalue weighted by Gasteiger charge is 2.18. The summed E-state index contributed by atoms with van der Waals surface area (Å²) in [5, 5.41) is 9.37. The van der Waals surface area contributed by atoms with Crippen molar-refractivity contribution in [3.8, 4) is 5.75 Å². The van der Waals surface area contributed by atoms with Gasteiger partial charge < -0.3 is 15.4 Å². The van der Waals surface area contributed by atoms with E-state index >= 15 is 0 Å². The number of guanidine groups is 1. The molecule has 0 spiro atoms. The number of rotatable bonds is 6. The lowest BCUT2D eigenvalue weighted by atomic mass is 9.98. The monoisotopic (exact) mass is 382 g/mol. The fraction of sp³-hybridized carbons (Fsp3) is 0.444. The lowest BCUT2D eigenvalue weighted by molar-refractivity contribution is -0.0504. The summed E-state index contributed by atoms with van der Waals surface area (Å²) in [4.78, 5) is 8.77. The van der Waals surface area contributed by atoms with Gasteiger partial charge in [-0.15, -0.1) is 11.3 Å². The SMILES string of the molecule is CN=C(NCc1csc(C(C)(C)C)n1)NCc1ccccc1OC(F)F. The van der Waals surface area contributed by atoms with Crippen molar-refractivity contribution >= 4 is 17.3 Å². The van der Waals surface area contributed by atoms with Gasteiger partial charge in [0.25, 0.3) is 0 Å². The van der Waals surface area contributed by atoms with E-state index < -0.39 is 6.61 Å². The van der Waals surface area contributed by atoms with Crippen molar-refractivity contribution in [2.24, 2.45) is 4.99 Å². The van der Waals surface area contributed by atoms with E-state index in [0.717, 1.165) is 10.7 Å². The van der Waals surface area contributed by atoms with Gasteiger partial charge in [0.2, 0.25) is 0 Å². The highest BCUT2D eigenvalue weighted by Crippen LogP contribution is 2.25. The summed E-state index contributed by atoms with van der Waals surface area (Å²) < 4.78 is 29.5. The molecular formula is C18H24F2N4OS. The zero-order valence-electron chi connectivity index (χ0n) is 15.3. The maximum atomic E-state index is 12.5. The largest absolute Gasteiger partial charge is 0.434 e. The summed E-state index contributed by atoms with van der Waals surface area (Å²) in [5.41, 5.74) is 1.58. The minimum absolute atomic E-state index is 0.0251. The molecule has 0 aliphatic rings. The Bertz CT molecular complexity index is 741. The zero-order chi connectivity index (χ0) is 19.2. The minimum atomic E-state index is -2.85. The fourth-order valence-electron chi connectivity index (χ4n) is 2.17. The Morgan fingerprint density at radius 1 is 1.23 bits per heavy atom. The van der Waals surface area contributed by atoms with Gasteiger partial charge in [-0.3, -0.25) is 4.99 Å². The first-order valence-corrected chi connectivity index (χ1v) is 9.09. The molecule has 1 aromatic heterocycles. The molecule has 0 fully saturated rings. The Labute approximate surface area is 156 Å². The van der Waals surface area contributed by atoms with Crippen molar-refractivity contribution in [1.29, 1.82) is 0 Å². The van der Waals surface area contributed by atoms with Crippen molar-refractivity contribution in [3.05, 3.63) is 45.9 Å². The fourth-order valence-corrected chi connectivity index (χ4v) is 3.07. The molecule has 5 nitrogen and oxygen atoms in total. The number of aliphatic imine (C=N–C) groups is 1. The molecule has 0 bridgehead atoms. The number of aromatic nitrogens is 1. The second-order valence-corrected chi connectivity index (χ2v) is 7.52. The topological polar surface area (TPSA) is 58.5 Å². The predicted octanol–water partition coefficient (Wildman–Crippen LogP) is 3.91. The molecule has 0 amide bonds.